The van der Waals surface area contributed by atoms with Crippen LogP contribution in [0.1, 0.15) is 18.4 Å². The van der Waals surface area contributed by atoms with Crippen LogP contribution in [0, 0.1) is 0 Å². The molecule has 134 valence electrons. The second-order valence-electron chi connectivity index (χ2n) is 5.15. The molecular weight excluding hydrogens is 378 g/mol. The van der Waals surface area contributed by atoms with Crippen molar-refractivity contribution in [2.45, 2.75) is 19.0 Å². The van der Waals surface area contributed by atoms with Crippen LogP contribution in [0.3, 0.4) is 0 Å². The maximum absolute atomic E-state index is 12.6. The molecule has 2 rings (SSSR count). The van der Waals surface area contributed by atoms with Gasteiger partial charge in [0.1, 0.15) is 5.75 Å². The first-order chi connectivity index (χ1) is 11.8. The molecule has 0 atom stereocenters. The molecular formula is C17H14Cl2F3NO2. The standard InChI is InChI=1S/C17H14Cl2F3NO2/c18-12-6-7-15(14(19)10-12)25-8-2-5-16(24)23-13-4-1-3-11(9-13)17(20,21)22/h1,3-4,6-7,9-10H,2,5,8H2,(H,23,24). The van der Waals surface area contributed by atoms with Gasteiger partial charge in [-0.1, -0.05) is 29.3 Å². The first-order valence-corrected chi connectivity index (χ1v) is 8.06. The Bertz CT molecular complexity index is 751. The number of carbonyl (C=O) groups is 1. The maximum atomic E-state index is 12.6. The number of rotatable bonds is 6. The van der Waals surface area contributed by atoms with Crippen molar-refractivity contribution in [2.75, 3.05) is 11.9 Å². The number of amides is 1. The molecule has 0 unspecified atom stereocenters. The van der Waals surface area contributed by atoms with Gasteiger partial charge in [-0.15, -0.1) is 0 Å². The van der Waals surface area contributed by atoms with Gasteiger partial charge < -0.3 is 10.1 Å². The number of alkyl halides is 3. The molecule has 0 aliphatic carbocycles. The molecule has 8 heteroatoms. The van der Waals surface area contributed by atoms with E-state index in [1.54, 1.807) is 18.2 Å². The van der Waals surface area contributed by atoms with E-state index in [0.29, 0.717) is 22.2 Å². The fourth-order valence-electron chi connectivity index (χ4n) is 2.00. The van der Waals surface area contributed by atoms with Crippen LogP contribution in [0.25, 0.3) is 0 Å². The minimum atomic E-state index is -4.45. The number of hydrogen-bond acceptors (Lipinski definition) is 2. The van der Waals surface area contributed by atoms with Gasteiger partial charge in [0.05, 0.1) is 17.2 Å². The van der Waals surface area contributed by atoms with Crippen molar-refractivity contribution in [3.8, 4) is 5.75 Å². The zero-order chi connectivity index (χ0) is 18.4. The van der Waals surface area contributed by atoms with Crippen LogP contribution in [-0.4, -0.2) is 12.5 Å². The topological polar surface area (TPSA) is 38.3 Å². The van der Waals surface area contributed by atoms with Crippen molar-refractivity contribution in [2.24, 2.45) is 0 Å². The molecule has 0 aliphatic rings. The predicted octanol–water partition coefficient (Wildman–Crippen LogP) is 5.81. The highest BCUT2D eigenvalue weighted by Crippen LogP contribution is 2.31. The lowest BCUT2D eigenvalue weighted by atomic mass is 10.2. The SMILES string of the molecule is O=C(CCCOc1ccc(Cl)cc1Cl)Nc1cccc(C(F)(F)F)c1. The molecule has 25 heavy (non-hydrogen) atoms. The van der Waals surface area contributed by atoms with Crippen LogP contribution < -0.4 is 10.1 Å². The quantitative estimate of drug-likeness (QED) is 0.630. The van der Waals surface area contributed by atoms with Gasteiger partial charge >= 0.3 is 6.18 Å². The number of halogens is 5. The van der Waals surface area contributed by atoms with Gasteiger partial charge in [-0.25, -0.2) is 0 Å². The molecule has 0 aromatic heterocycles. The molecule has 2 aromatic rings. The fourth-order valence-corrected chi connectivity index (χ4v) is 2.47. The van der Waals surface area contributed by atoms with E-state index in [0.717, 1.165) is 12.1 Å². The molecule has 0 saturated carbocycles. The Labute approximate surface area is 152 Å². The molecule has 2 aromatic carbocycles. The largest absolute Gasteiger partial charge is 0.492 e. The second kappa shape index (κ2) is 8.45. The summed E-state index contributed by atoms with van der Waals surface area (Å²) in [7, 11) is 0. The predicted molar refractivity (Wildman–Crippen MR) is 91.3 cm³/mol. The second-order valence-corrected chi connectivity index (χ2v) is 6.00. The lowest BCUT2D eigenvalue weighted by Gasteiger charge is -2.10. The van der Waals surface area contributed by atoms with Gasteiger partial charge in [0.15, 0.2) is 0 Å². The molecule has 0 saturated heterocycles. The molecule has 0 heterocycles. The minimum absolute atomic E-state index is 0.0986. The van der Waals surface area contributed by atoms with Gasteiger partial charge in [-0.2, -0.15) is 13.2 Å². The minimum Gasteiger partial charge on any atom is -0.492 e. The normalized spacial score (nSPS) is 11.2. The van der Waals surface area contributed by atoms with E-state index in [2.05, 4.69) is 5.32 Å². The third-order valence-corrected chi connectivity index (χ3v) is 3.70. The van der Waals surface area contributed by atoms with Crippen molar-refractivity contribution in [3.05, 3.63) is 58.1 Å². The third-order valence-electron chi connectivity index (χ3n) is 3.17. The molecule has 0 radical (unpaired) electrons. The molecule has 0 aliphatic heterocycles. The Morgan fingerprint density at radius 3 is 2.56 bits per heavy atom. The van der Waals surface area contributed by atoms with Gasteiger partial charge in [-0.3, -0.25) is 4.79 Å². The summed E-state index contributed by atoms with van der Waals surface area (Å²) >= 11 is 11.7. The molecule has 3 nitrogen and oxygen atoms in total. The Morgan fingerprint density at radius 1 is 1.12 bits per heavy atom. The number of ether oxygens (including phenoxy) is 1. The van der Waals surface area contributed by atoms with Crippen LogP contribution in [0.15, 0.2) is 42.5 Å². The van der Waals surface area contributed by atoms with Gasteiger partial charge in [-0.05, 0) is 42.8 Å². The molecule has 0 bridgehead atoms. The van der Waals surface area contributed by atoms with Crippen molar-refractivity contribution in [3.63, 3.8) is 0 Å². The average molecular weight is 392 g/mol. The van der Waals surface area contributed by atoms with Crippen LogP contribution in [0.4, 0.5) is 18.9 Å². The van der Waals surface area contributed by atoms with Gasteiger partial charge in [0.2, 0.25) is 5.91 Å². The van der Waals surface area contributed by atoms with Crippen LogP contribution in [0.2, 0.25) is 10.0 Å². The summed E-state index contributed by atoms with van der Waals surface area (Å²) in [6, 6.07) is 9.26. The van der Waals surface area contributed by atoms with E-state index in [9.17, 15) is 18.0 Å². The van der Waals surface area contributed by atoms with E-state index < -0.39 is 17.6 Å². The molecule has 1 N–H and O–H groups in total. The highest BCUT2D eigenvalue weighted by Gasteiger charge is 2.30. The third kappa shape index (κ3) is 6.14. The lowest BCUT2D eigenvalue weighted by molar-refractivity contribution is -0.137. The molecule has 0 fully saturated rings. The number of anilines is 1. The van der Waals surface area contributed by atoms with E-state index in [-0.39, 0.29) is 18.7 Å². The van der Waals surface area contributed by atoms with Gasteiger partial charge in [0.25, 0.3) is 0 Å². The van der Waals surface area contributed by atoms with Crippen LogP contribution in [-0.2, 0) is 11.0 Å². The summed E-state index contributed by atoms with van der Waals surface area (Å²) in [4.78, 5) is 11.8. The fraction of sp³-hybridized carbons (Fsp3) is 0.235. The highest BCUT2D eigenvalue weighted by atomic mass is 35.5. The Balaban J connectivity index is 1.79. The van der Waals surface area contributed by atoms with E-state index in [1.165, 1.54) is 12.1 Å². The van der Waals surface area contributed by atoms with Crippen molar-refractivity contribution in [1.29, 1.82) is 0 Å². The first-order valence-electron chi connectivity index (χ1n) is 7.30. The van der Waals surface area contributed by atoms with Crippen molar-refractivity contribution in [1.82, 2.24) is 0 Å². The molecule has 0 spiro atoms. The van der Waals surface area contributed by atoms with E-state index >= 15 is 0 Å². The first kappa shape index (κ1) is 19.4. The van der Waals surface area contributed by atoms with E-state index in [4.69, 9.17) is 27.9 Å². The number of benzene rings is 2. The van der Waals surface area contributed by atoms with Crippen LogP contribution >= 0.6 is 23.2 Å². The summed E-state index contributed by atoms with van der Waals surface area (Å²) in [5.41, 5.74) is -0.715. The van der Waals surface area contributed by atoms with Gasteiger partial charge in [0, 0.05) is 17.1 Å². The summed E-state index contributed by atoms with van der Waals surface area (Å²) in [5, 5.41) is 3.28. The Morgan fingerprint density at radius 2 is 1.88 bits per heavy atom. The summed E-state index contributed by atoms with van der Waals surface area (Å²) in [6.07, 6.45) is -3.97. The summed E-state index contributed by atoms with van der Waals surface area (Å²) in [6.45, 7) is 0.233. The zero-order valence-corrected chi connectivity index (χ0v) is 14.4. The lowest BCUT2D eigenvalue weighted by Crippen LogP contribution is -2.14. The summed E-state index contributed by atoms with van der Waals surface area (Å²) < 4.78 is 43.3. The van der Waals surface area contributed by atoms with Crippen LogP contribution in [0.5, 0.6) is 5.75 Å². The average Bonchev–Trinajstić information content (AvgIpc) is 2.52. The number of nitrogens with one attached hydrogen (secondary N) is 1. The monoisotopic (exact) mass is 391 g/mol. The van der Waals surface area contributed by atoms with Crippen molar-refractivity contribution >= 4 is 34.8 Å². The zero-order valence-electron chi connectivity index (χ0n) is 12.9. The highest BCUT2D eigenvalue weighted by molar-refractivity contribution is 6.35. The Kier molecular flexibility index (Phi) is 6.56. The van der Waals surface area contributed by atoms with Crippen molar-refractivity contribution < 1.29 is 22.7 Å². The maximum Gasteiger partial charge on any atom is 0.416 e. The Hall–Kier alpha value is -1.92. The number of hydrogen-bond donors (Lipinski definition) is 1. The number of carbonyl (C=O) groups excluding carboxylic acids is 1. The molecule has 1 amide bonds. The smallest absolute Gasteiger partial charge is 0.416 e. The van der Waals surface area contributed by atoms with E-state index in [1.807, 2.05) is 0 Å². The summed E-state index contributed by atoms with van der Waals surface area (Å²) in [5.74, 6) is 0.0504.